The number of Topliss-reactive ketones (excluding diaryl/α,β-unsaturated/α-hetero) is 1. The summed E-state index contributed by atoms with van der Waals surface area (Å²) in [5.74, 6) is -13.3. The van der Waals surface area contributed by atoms with Crippen molar-refractivity contribution in [3.63, 3.8) is 0 Å². The van der Waals surface area contributed by atoms with Crippen LogP contribution in [0.1, 0.15) is 85.9 Å². The van der Waals surface area contributed by atoms with Crippen molar-refractivity contribution in [3.8, 4) is 11.5 Å². The fourth-order valence-electron chi connectivity index (χ4n) is 12.9. The number of benzene rings is 5. The van der Waals surface area contributed by atoms with Gasteiger partial charge in [-0.05, 0) is 128 Å². The van der Waals surface area contributed by atoms with Crippen LogP contribution in [0.15, 0.2) is 140 Å². The van der Waals surface area contributed by atoms with E-state index in [0.717, 1.165) is 6.92 Å². The van der Waals surface area contributed by atoms with Gasteiger partial charge in [0.05, 0.1) is 38.3 Å². The summed E-state index contributed by atoms with van der Waals surface area (Å²) in [6.45, 7) is 1.32. The zero-order valence-corrected chi connectivity index (χ0v) is 58.0. The molecule has 31 heteroatoms. The van der Waals surface area contributed by atoms with E-state index in [-0.39, 0.29) is 89.1 Å². The Bertz CT molecular complexity index is 4530. The number of nitrogens with one attached hydrogen (secondary N) is 11. The maximum Gasteiger partial charge on any atom is 0.308 e. The number of imidazole rings is 1. The molecule has 6 heterocycles. The number of hydrogen-bond acceptors (Lipinski definition) is 16. The molecule has 3 aliphatic heterocycles. The van der Waals surface area contributed by atoms with Crippen molar-refractivity contribution >= 4 is 92.6 Å². The fraction of sp³-hybridized carbons (Fsp3) is 0.347. The number of carbonyl (C=O) groups excluding carboxylic acids is 12. The number of halogens is 2. The number of aromatic amines is 3. The van der Waals surface area contributed by atoms with Crippen molar-refractivity contribution in [2.45, 2.75) is 133 Å². The number of nitrogens with zero attached hydrogens (tertiary/aromatic N) is 2. The lowest BCUT2D eigenvalue weighted by molar-refractivity contribution is -0.148. The summed E-state index contributed by atoms with van der Waals surface area (Å²) in [6, 6.07) is 19.0. The Hall–Kier alpha value is -12.3. The number of aromatic nitrogens is 4. The fourth-order valence-corrected chi connectivity index (χ4v) is 12.9. The molecular weight excluding hydrogens is 1370 g/mol. The van der Waals surface area contributed by atoms with Gasteiger partial charge in [-0.2, -0.15) is 0 Å². The Balaban J connectivity index is 1.01. The van der Waals surface area contributed by atoms with Gasteiger partial charge in [-0.3, -0.25) is 57.5 Å². The number of rotatable bonds is 15. The molecule has 3 aliphatic rings. The average molecular weight is 1460 g/mol. The van der Waals surface area contributed by atoms with Crippen molar-refractivity contribution in [1.82, 2.24) is 67.4 Å². The maximum absolute atomic E-state index is 15.5. The molecule has 29 nitrogen and oxygen atoms in total. The minimum Gasteiger partial charge on any atom is -0.508 e. The molecule has 5 aromatic carbocycles. The lowest BCUT2D eigenvalue weighted by atomic mass is 9.89. The van der Waals surface area contributed by atoms with Gasteiger partial charge in [0.1, 0.15) is 72.1 Å². The molecule has 11 rings (SSSR count). The minimum atomic E-state index is -1.94. The van der Waals surface area contributed by atoms with Gasteiger partial charge in [0.2, 0.25) is 59.1 Å². The first-order valence-electron chi connectivity index (χ1n) is 34.5. The zero-order chi connectivity index (χ0) is 75.6. The molecule has 0 radical (unpaired) electrons. The normalized spacial score (nSPS) is 21.8. The second-order valence-corrected chi connectivity index (χ2v) is 26.4. The van der Waals surface area contributed by atoms with Gasteiger partial charge in [-0.15, -0.1) is 0 Å². The number of amides is 10. The van der Waals surface area contributed by atoms with Gasteiger partial charge in [-0.25, -0.2) is 13.8 Å². The number of aryl methyl sites for hydroxylation is 1. The van der Waals surface area contributed by atoms with E-state index < -0.39 is 156 Å². The molecule has 8 aromatic rings. The highest BCUT2D eigenvalue weighted by molar-refractivity contribution is 6.01. The van der Waals surface area contributed by atoms with Crippen molar-refractivity contribution in [2.75, 3.05) is 26.2 Å². The zero-order valence-electron chi connectivity index (χ0n) is 58.0. The van der Waals surface area contributed by atoms with E-state index in [1.807, 2.05) is 0 Å². The number of ketones is 1. The third-order valence-corrected chi connectivity index (χ3v) is 18.6. The molecular formula is C75H82F2N14O15. The number of nitrogens with two attached hydrogens (primary N) is 1. The van der Waals surface area contributed by atoms with Crippen LogP contribution in [-0.2, 0) is 101 Å². The molecule has 10 amide bonds. The molecule has 0 spiro atoms. The molecule has 3 aromatic heterocycles. The summed E-state index contributed by atoms with van der Waals surface area (Å²) in [5.41, 5.74) is 7.84. The summed E-state index contributed by atoms with van der Waals surface area (Å²) in [7, 11) is 0. The van der Waals surface area contributed by atoms with Crippen LogP contribution in [0.4, 0.5) is 8.78 Å². The van der Waals surface area contributed by atoms with Gasteiger partial charge in [0.15, 0.2) is 5.78 Å². The second-order valence-electron chi connectivity index (χ2n) is 26.4. The summed E-state index contributed by atoms with van der Waals surface area (Å²) >= 11 is 0. The molecule has 0 saturated carbocycles. The van der Waals surface area contributed by atoms with E-state index in [4.69, 9.17) is 15.2 Å². The number of fused-ring (bicyclic) bond motifs is 32. The minimum absolute atomic E-state index is 0.00204. The average Bonchev–Trinajstić information content (AvgIpc) is 1.58. The third kappa shape index (κ3) is 20.5. The Morgan fingerprint density at radius 1 is 0.689 bits per heavy atom. The molecule has 2 bridgehead atoms. The van der Waals surface area contributed by atoms with Crippen LogP contribution in [-0.4, -0.2) is 169 Å². The van der Waals surface area contributed by atoms with Crippen molar-refractivity contribution in [2.24, 2.45) is 11.7 Å². The van der Waals surface area contributed by atoms with E-state index in [2.05, 4.69) is 62.5 Å². The van der Waals surface area contributed by atoms with Gasteiger partial charge >= 0.3 is 5.97 Å². The van der Waals surface area contributed by atoms with Crippen LogP contribution >= 0.6 is 0 Å². The lowest BCUT2D eigenvalue weighted by Gasteiger charge is -2.37. The molecule has 556 valence electrons. The molecule has 0 aliphatic carbocycles. The summed E-state index contributed by atoms with van der Waals surface area (Å²) in [6.07, 6.45) is 2.58. The summed E-state index contributed by atoms with van der Waals surface area (Å²) in [4.78, 5) is 187. The second kappa shape index (κ2) is 35.2. The van der Waals surface area contributed by atoms with Crippen LogP contribution in [0.5, 0.6) is 11.5 Å². The van der Waals surface area contributed by atoms with Crippen LogP contribution in [0, 0.1) is 17.6 Å². The quantitative estimate of drug-likeness (QED) is 0.0518. The first kappa shape index (κ1) is 76.3. The standard InChI is InChI=1S/C75H82F2N14O15/c1-42(92)85-61-34-65(95)80-24-26-105-53-18-11-44(12-19-53)27-59(68(78)98)90-74(104)75(2)23-6-25-91(75)73(103)63(28-43-9-16-52(93)17-10-43)89-71(101)60(33-51-38-79-41-84-51)88-72(102)62(35-67(97)106-40-45-7-4-3-5-8-45)87-69(99)47(29-48-37-82-57-22-15-50(77)32-55(48)57)30-64(94)58(86-66(96)39-83-70(61)100)20-13-46-36-81-56-21-14-49(76)31-54(46)56/h3-5,7-12,14-19,21-22,31-32,36-38,41,47,58-63,81-82,93H,6,13,20,23-30,33-35,39-40H2,1-2H3,(H2,78,98)(H,79,84)(H,80,95)(H,83,100)(H,85,92)(H,86,96)(H,87,99)(H,88,102)(H,89,101)(H,90,104)/t47-,58+,59+,60-,61-,62+,63+,75+/m1/s1. The van der Waals surface area contributed by atoms with E-state index in [0.29, 0.717) is 55.4 Å². The SMILES string of the molecule is CC(=O)N[C@@H]1CC(=O)NCCOc2ccc(cc2)C[C@@H](C(N)=O)NC(=O)[C@]2(C)CCCN2C(=O)[C@H](Cc2ccc(O)cc2)NC(=O)[C@@H](Cc2cnc[nH]2)NC(=O)[C@H](CC(=O)OCc2ccccc2)NC(=O)[C@H](Cc2c[nH]c3ccc(F)cc23)CC(=O)[C@H](CCc2c[nH]c3ccc(F)cc23)NC(=O)CNC1=O. The predicted molar refractivity (Wildman–Crippen MR) is 379 cm³/mol. The number of esters is 1. The topological polar surface area (TPSA) is 429 Å². The maximum atomic E-state index is 15.5. The molecule has 8 atom stereocenters. The lowest BCUT2D eigenvalue weighted by Crippen LogP contribution is -2.63. The van der Waals surface area contributed by atoms with Gasteiger partial charge < -0.3 is 82.7 Å². The number of phenolic OH excluding ortho intramolecular Hbond substituents is 1. The van der Waals surface area contributed by atoms with Crippen molar-refractivity contribution in [3.05, 3.63) is 185 Å². The number of hydrogen-bond donors (Lipinski definition) is 13. The van der Waals surface area contributed by atoms with Crippen LogP contribution in [0.25, 0.3) is 21.8 Å². The van der Waals surface area contributed by atoms with E-state index >= 15 is 28.4 Å². The number of ether oxygens (including phenoxy) is 2. The highest BCUT2D eigenvalue weighted by atomic mass is 19.1. The van der Waals surface area contributed by atoms with E-state index in [1.165, 1.54) is 91.2 Å². The Morgan fingerprint density at radius 2 is 1.36 bits per heavy atom. The van der Waals surface area contributed by atoms with Crippen molar-refractivity contribution < 1.29 is 80.9 Å². The highest BCUT2D eigenvalue weighted by Crippen LogP contribution is 2.32. The Morgan fingerprint density at radius 3 is 2.04 bits per heavy atom. The molecule has 106 heavy (non-hydrogen) atoms. The molecule has 1 saturated heterocycles. The Labute approximate surface area is 606 Å². The first-order chi connectivity index (χ1) is 50.8. The summed E-state index contributed by atoms with van der Waals surface area (Å²) < 4.78 is 41.4. The van der Waals surface area contributed by atoms with E-state index in [1.54, 1.807) is 60.8 Å². The molecule has 1 fully saturated rings. The number of H-pyrrole nitrogens is 3. The summed E-state index contributed by atoms with van der Waals surface area (Å²) in [5, 5.41) is 31.9. The van der Waals surface area contributed by atoms with Crippen LogP contribution in [0.2, 0.25) is 0 Å². The van der Waals surface area contributed by atoms with Crippen LogP contribution < -0.4 is 53.0 Å². The molecule has 14 N–H and O–H groups in total. The number of phenols is 1. The van der Waals surface area contributed by atoms with E-state index in [9.17, 15) is 43.1 Å². The van der Waals surface area contributed by atoms with Crippen molar-refractivity contribution in [1.29, 1.82) is 0 Å². The first-order valence-corrected chi connectivity index (χ1v) is 34.5. The smallest absolute Gasteiger partial charge is 0.308 e. The van der Waals surface area contributed by atoms with Crippen LogP contribution in [0.3, 0.4) is 0 Å². The number of carbonyl (C=O) groups is 12. The van der Waals surface area contributed by atoms with Gasteiger partial charge in [-0.1, -0.05) is 54.6 Å². The third-order valence-electron chi connectivity index (χ3n) is 18.6. The van der Waals surface area contributed by atoms with Gasteiger partial charge in [0, 0.05) is 91.2 Å². The largest absolute Gasteiger partial charge is 0.508 e. The van der Waals surface area contributed by atoms with Gasteiger partial charge in [0.25, 0.3) is 0 Å². The number of aromatic hydroxyl groups is 1. The predicted octanol–water partition coefficient (Wildman–Crippen LogP) is 2.78. The molecule has 0 unspecified atom stereocenters. The number of primary amides is 1. The highest BCUT2D eigenvalue weighted by Gasteiger charge is 2.49. The Kier molecular flexibility index (Phi) is 25.4. The monoisotopic (exact) mass is 1460 g/mol.